The third kappa shape index (κ3) is 4.10. The van der Waals surface area contributed by atoms with Gasteiger partial charge in [0.25, 0.3) is 0 Å². The normalized spacial score (nSPS) is 15.9. The van der Waals surface area contributed by atoms with Crippen LogP contribution in [0.4, 0.5) is 18.9 Å². The number of piperazine rings is 1. The monoisotopic (exact) mass is 406 g/mol. The van der Waals surface area contributed by atoms with Crippen LogP contribution in [0, 0.1) is 0 Å². The number of thiophene rings is 1. The van der Waals surface area contributed by atoms with Crippen LogP contribution in [0.25, 0.3) is 10.8 Å². The molecule has 1 aliphatic rings. The summed E-state index contributed by atoms with van der Waals surface area (Å²) in [6, 6.07) is 13.2. The third-order valence-electron chi connectivity index (χ3n) is 5.04. The fourth-order valence-corrected chi connectivity index (χ4v) is 4.21. The minimum Gasteiger partial charge on any atom is -0.488 e. The highest BCUT2D eigenvalue weighted by molar-refractivity contribution is 7.10. The van der Waals surface area contributed by atoms with Gasteiger partial charge in [-0.3, -0.25) is 0 Å². The van der Waals surface area contributed by atoms with Crippen LogP contribution in [0.15, 0.2) is 47.8 Å². The molecule has 4 rings (SSSR count). The number of likely N-dealkylation sites (N-methyl/N-ethyl adjacent to an activating group) is 1. The van der Waals surface area contributed by atoms with E-state index >= 15 is 0 Å². The lowest BCUT2D eigenvalue weighted by Gasteiger charge is -2.34. The Morgan fingerprint density at radius 3 is 2.54 bits per heavy atom. The zero-order valence-corrected chi connectivity index (χ0v) is 16.3. The molecule has 3 nitrogen and oxygen atoms in total. The SMILES string of the molecule is CN1CCN(c2cccc3ccc(OCc4cc(C(F)(F)F)cs4)cc23)CC1. The van der Waals surface area contributed by atoms with E-state index in [-0.39, 0.29) is 6.61 Å². The van der Waals surface area contributed by atoms with Gasteiger partial charge in [0.05, 0.1) is 5.56 Å². The summed E-state index contributed by atoms with van der Waals surface area (Å²) in [4.78, 5) is 5.24. The Labute approximate surface area is 165 Å². The Morgan fingerprint density at radius 1 is 1.04 bits per heavy atom. The van der Waals surface area contributed by atoms with E-state index in [1.165, 1.54) is 5.69 Å². The predicted molar refractivity (Wildman–Crippen MR) is 107 cm³/mol. The highest BCUT2D eigenvalue weighted by Gasteiger charge is 2.31. The quantitative estimate of drug-likeness (QED) is 0.589. The first kappa shape index (κ1) is 19.1. The maximum absolute atomic E-state index is 12.7. The maximum Gasteiger partial charge on any atom is 0.417 e. The minimum atomic E-state index is -4.31. The average Bonchev–Trinajstić information content (AvgIpc) is 3.16. The van der Waals surface area contributed by atoms with Crippen molar-refractivity contribution in [3.05, 3.63) is 58.3 Å². The number of benzene rings is 2. The Hall–Kier alpha value is -2.25. The van der Waals surface area contributed by atoms with Crippen molar-refractivity contribution in [3.63, 3.8) is 0 Å². The molecule has 2 heterocycles. The Balaban J connectivity index is 1.54. The van der Waals surface area contributed by atoms with Crippen LogP contribution in [-0.2, 0) is 12.8 Å². The van der Waals surface area contributed by atoms with Crippen LogP contribution in [0.2, 0.25) is 0 Å². The zero-order chi connectivity index (χ0) is 19.7. The summed E-state index contributed by atoms with van der Waals surface area (Å²) in [7, 11) is 2.13. The topological polar surface area (TPSA) is 15.7 Å². The number of hydrogen-bond donors (Lipinski definition) is 0. The van der Waals surface area contributed by atoms with Gasteiger partial charge in [0.2, 0.25) is 0 Å². The smallest absolute Gasteiger partial charge is 0.417 e. The van der Waals surface area contributed by atoms with Crippen molar-refractivity contribution < 1.29 is 17.9 Å². The molecular formula is C21H21F3N2OS. The molecular weight excluding hydrogens is 385 g/mol. The summed E-state index contributed by atoms with van der Waals surface area (Å²) in [5.74, 6) is 0.663. The van der Waals surface area contributed by atoms with Crippen LogP contribution < -0.4 is 9.64 Å². The molecule has 0 saturated carbocycles. The van der Waals surface area contributed by atoms with Crippen molar-refractivity contribution in [3.8, 4) is 5.75 Å². The highest BCUT2D eigenvalue weighted by atomic mass is 32.1. The fourth-order valence-electron chi connectivity index (χ4n) is 3.41. The Kier molecular flexibility index (Phi) is 5.21. The molecule has 0 bridgehead atoms. The van der Waals surface area contributed by atoms with E-state index in [0.29, 0.717) is 10.6 Å². The summed E-state index contributed by atoms with van der Waals surface area (Å²) in [5.41, 5.74) is 0.554. The second kappa shape index (κ2) is 7.64. The molecule has 2 aromatic carbocycles. The molecule has 7 heteroatoms. The lowest BCUT2D eigenvalue weighted by molar-refractivity contribution is -0.137. The van der Waals surface area contributed by atoms with E-state index in [2.05, 4.69) is 35.0 Å². The molecule has 28 heavy (non-hydrogen) atoms. The summed E-state index contributed by atoms with van der Waals surface area (Å²) >= 11 is 1.07. The van der Waals surface area contributed by atoms with E-state index in [1.807, 2.05) is 18.2 Å². The molecule has 148 valence electrons. The molecule has 0 N–H and O–H groups in total. The largest absolute Gasteiger partial charge is 0.488 e. The lowest BCUT2D eigenvalue weighted by Crippen LogP contribution is -2.44. The van der Waals surface area contributed by atoms with Gasteiger partial charge in [-0.15, -0.1) is 11.3 Å². The van der Waals surface area contributed by atoms with Gasteiger partial charge in [-0.2, -0.15) is 13.2 Å². The second-order valence-electron chi connectivity index (χ2n) is 7.04. The van der Waals surface area contributed by atoms with Crippen molar-refractivity contribution in [2.24, 2.45) is 0 Å². The second-order valence-corrected chi connectivity index (χ2v) is 8.03. The van der Waals surface area contributed by atoms with Crippen LogP contribution in [0.5, 0.6) is 5.75 Å². The lowest BCUT2D eigenvalue weighted by atomic mass is 10.1. The first-order valence-corrected chi connectivity index (χ1v) is 10.0. The molecule has 0 aliphatic carbocycles. The number of nitrogens with zero attached hydrogens (tertiary/aromatic N) is 2. The van der Waals surface area contributed by atoms with Crippen molar-refractivity contribution in [1.29, 1.82) is 0 Å². The standard InChI is InChI=1S/C21H21F3N2OS/c1-25-7-9-26(10-8-25)20-4-2-3-15-5-6-17(12-19(15)20)27-13-18-11-16(14-28-18)21(22,23)24/h2-6,11-12,14H,7-10,13H2,1H3. The molecule has 0 amide bonds. The number of hydrogen-bond acceptors (Lipinski definition) is 4. The molecule has 0 spiro atoms. The van der Waals surface area contributed by atoms with Crippen LogP contribution in [0.3, 0.4) is 0 Å². The van der Waals surface area contributed by atoms with E-state index in [1.54, 1.807) is 0 Å². The van der Waals surface area contributed by atoms with Crippen LogP contribution in [-0.4, -0.2) is 38.1 Å². The van der Waals surface area contributed by atoms with Gasteiger partial charge in [0, 0.05) is 47.5 Å². The summed E-state index contributed by atoms with van der Waals surface area (Å²) in [6.45, 7) is 4.11. The fraction of sp³-hybridized carbons (Fsp3) is 0.333. The number of alkyl halides is 3. The average molecular weight is 406 g/mol. The van der Waals surface area contributed by atoms with Gasteiger partial charge in [0.1, 0.15) is 12.4 Å². The molecule has 3 aromatic rings. The minimum absolute atomic E-state index is 0.128. The van der Waals surface area contributed by atoms with Crippen LogP contribution >= 0.6 is 11.3 Å². The van der Waals surface area contributed by atoms with Gasteiger partial charge in [0.15, 0.2) is 0 Å². The third-order valence-corrected chi connectivity index (χ3v) is 5.95. The zero-order valence-electron chi connectivity index (χ0n) is 15.5. The maximum atomic E-state index is 12.7. The van der Waals surface area contributed by atoms with Gasteiger partial charge >= 0.3 is 6.18 Å². The molecule has 1 fully saturated rings. The van der Waals surface area contributed by atoms with Gasteiger partial charge < -0.3 is 14.5 Å². The highest BCUT2D eigenvalue weighted by Crippen LogP contribution is 2.34. The predicted octanol–water partition coefficient (Wildman–Crippen LogP) is 5.25. The molecule has 1 aliphatic heterocycles. The molecule has 1 aromatic heterocycles. The first-order chi connectivity index (χ1) is 13.4. The Bertz CT molecular complexity index is 962. The first-order valence-electron chi connectivity index (χ1n) is 9.14. The van der Waals surface area contributed by atoms with Crippen molar-refractivity contribution >= 4 is 27.8 Å². The number of ether oxygens (including phenoxy) is 1. The van der Waals surface area contributed by atoms with E-state index in [4.69, 9.17) is 4.74 Å². The summed E-state index contributed by atoms with van der Waals surface area (Å²) < 4.78 is 44.0. The molecule has 0 atom stereocenters. The van der Waals surface area contributed by atoms with Crippen LogP contribution in [0.1, 0.15) is 10.4 Å². The van der Waals surface area contributed by atoms with Crippen molar-refractivity contribution in [2.75, 3.05) is 38.1 Å². The summed E-state index contributed by atoms with van der Waals surface area (Å²) in [5, 5.41) is 3.36. The summed E-state index contributed by atoms with van der Waals surface area (Å²) in [6.07, 6.45) is -4.31. The molecule has 1 saturated heterocycles. The molecule has 0 unspecified atom stereocenters. The molecule has 0 radical (unpaired) electrons. The van der Waals surface area contributed by atoms with Gasteiger partial charge in [-0.05, 0) is 36.7 Å². The van der Waals surface area contributed by atoms with Gasteiger partial charge in [-0.1, -0.05) is 18.2 Å². The van der Waals surface area contributed by atoms with Crippen molar-refractivity contribution in [1.82, 2.24) is 4.90 Å². The number of halogens is 3. The number of rotatable bonds is 4. The van der Waals surface area contributed by atoms with E-state index in [9.17, 15) is 13.2 Å². The number of anilines is 1. The van der Waals surface area contributed by atoms with E-state index in [0.717, 1.165) is 59.7 Å². The number of fused-ring (bicyclic) bond motifs is 1. The van der Waals surface area contributed by atoms with E-state index < -0.39 is 11.7 Å². The van der Waals surface area contributed by atoms with Gasteiger partial charge in [-0.25, -0.2) is 0 Å². The van der Waals surface area contributed by atoms with Crippen molar-refractivity contribution in [2.45, 2.75) is 12.8 Å². The Morgan fingerprint density at radius 2 is 1.82 bits per heavy atom.